The fourth-order valence-corrected chi connectivity index (χ4v) is 3.70. The number of hydrogen-bond acceptors (Lipinski definition) is 5. The third-order valence-corrected chi connectivity index (χ3v) is 4.87. The van der Waals surface area contributed by atoms with Crippen molar-refractivity contribution in [3.63, 3.8) is 0 Å². The third kappa shape index (κ3) is 3.51. The Bertz CT molecular complexity index is 682. The van der Waals surface area contributed by atoms with Crippen molar-refractivity contribution in [2.24, 2.45) is 0 Å². The van der Waals surface area contributed by atoms with Crippen LogP contribution in [0.2, 0.25) is 0 Å². The SMILES string of the molecule is CCNC(=O)CC(=O)N1CCOCC1c1nc2ccccc2s1. The number of carbonyl (C=O) groups is 2. The highest BCUT2D eigenvalue weighted by Gasteiger charge is 2.31. The highest BCUT2D eigenvalue weighted by Crippen LogP contribution is 2.31. The second-order valence-electron chi connectivity index (χ2n) is 5.33. The van der Waals surface area contributed by atoms with Gasteiger partial charge in [-0.3, -0.25) is 9.59 Å². The van der Waals surface area contributed by atoms with Crippen molar-refractivity contribution in [2.45, 2.75) is 19.4 Å². The molecule has 0 bridgehead atoms. The number of nitrogens with zero attached hydrogens (tertiary/aromatic N) is 2. The zero-order valence-electron chi connectivity index (χ0n) is 12.9. The number of amides is 2. The molecule has 7 heteroatoms. The van der Waals surface area contributed by atoms with Crippen LogP contribution in [0.4, 0.5) is 0 Å². The van der Waals surface area contributed by atoms with Crippen LogP contribution in [0, 0.1) is 0 Å². The van der Waals surface area contributed by atoms with Gasteiger partial charge < -0.3 is 15.0 Å². The van der Waals surface area contributed by atoms with E-state index in [-0.39, 0.29) is 24.3 Å². The number of benzene rings is 1. The number of hydrogen-bond donors (Lipinski definition) is 1. The van der Waals surface area contributed by atoms with Crippen molar-refractivity contribution in [1.29, 1.82) is 0 Å². The molecule has 2 amide bonds. The van der Waals surface area contributed by atoms with Crippen LogP contribution >= 0.6 is 11.3 Å². The van der Waals surface area contributed by atoms with E-state index in [2.05, 4.69) is 10.3 Å². The maximum absolute atomic E-state index is 12.5. The van der Waals surface area contributed by atoms with Gasteiger partial charge in [-0.25, -0.2) is 4.98 Å². The maximum atomic E-state index is 12.5. The lowest BCUT2D eigenvalue weighted by atomic mass is 10.2. The van der Waals surface area contributed by atoms with Gasteiger partial charge in [-0.15, -0.1) is 11.3 Å². The summed E-state index contributed by atoms with van der Waals surface area (Å²) in [6.45, 7) is 3.75. The lowest BCUT2D eigenvalue weighted by molar-refractivity contribution is -0.143. The maximum Gasteiger partial charge on any atom is 0.232 e. The molecule has 3 rings (SSSR count). The average Bonchev–Trinajstić information content (AvgIpc) is 2.99. The van der Waals surface area contributed by atoms with Crippen LogP contribution in [0.15, 0.2) is 24.3 Å². The zero-order chi connectivity index (χ0) is 16.2. The van der Waals surface area contributed by atoms with E-state index in [1.807, 2.05) is 31.2 Å². The Labute approximate surface area is 138 Å². The molecule has 1 aromatic carbocycles. The Morgan fingerprint density at radius 2 is 2.26 bits per heavy atom. The summed E-state index contributed by atoms with van der Waals surface area (Å²) >= 11 is 1.57. The van der Waals surface area contributed by atoms with Gasteiger partial charge in [0.05, 0.1) is 23.4 Å². The van der Waals surface area contributed by atoms with Crippen LogP contribution in [-0.2, 0) is 14.3 Å². The van der Waals surface area contributed by atoms with E-state index in [0.29, 0.717) is 26.3 Å². The molecule has 1 unspecified atom stereocenters. The molecule has 1 fully saturated rings. The topological polar surface area (TPSA) is 71.5 Å². The van der Waals surface area contributed by atoms with Crippen LogP contribution in [0.25, 0.3) is 10.2 Å². The van der Waals surface area contributed by atoms with Crippen molar-refractivity contribution in [1.82, 2.24) is 15.2 Å². The number of para-hydroxylation sites is 1. The first-order valence-corrected chi connectivity index (χ1v) is 8.50. The standard InChI is InChI=1S/C16H19N3O3S/c1-2-17-14(20)9-15(21)19-7-8-22-10-12(19)16-18-11-5-3-4-6-13(11)23-16/h3-6,12H,2,7-10H2,1H3,(H,17,20). The number of carbonyl (C=O) groups excluding carboxylic acids is 2. The predicted octanol–water partition coefficient (Wildman–Crippen LogP) is 1.72. The lowest BCUT2D eigenvalue weighted by Crippen LogP contribution is -2.45. The Morgan fingerprint density at radius 3 is 3.04 bits per heavy atom. The van der Waals surface area contributed by atoms with Crippen LogP contribution in [0.1, 0.15) is 24.4 Å². The monoisotopic (exact) mass is 333 g/mol. The molecule has 0 saturated carbocycles. The number of rotatable bonds is 4. The molecule has 23 heavy (non-hydrogen) atoms. The fourth-order valence-electron chi connectivity index (χ4n) is 2.64. The summed E-state index contributed by atoms with van der Waals surface area (Å²) in [5.74, 6) is -0.421. The molecule has 1 saturated heterocycles. The van der Waals surface area contributed by atoms with E-state index in [1.165, 1.54) is 0 Å². The molecule has 1 atom stereocenters. The first-order chi connectivity index (χ1) is 11.2. The highest BCUT2D eigenvalue weighted by atomic mass is 32.1. The molecule has 0 radical (unpaired) electrons. The second kappa shape index (κ2) is 7.06. The Morgan fingerprint density at radius 1 is 1.43 bits per heavy atom. The van der Waals surface area contributed by atoms with Gasteiger partial charge in [0.25, 0.3) is 0 Å². The molecule has 1 aliphatic heterocycles. The van der Waals surface area contributed by atoms with Gasteiger partial charge >= 0.3 is 0 Å². The van der Waals surface area contributed by atoms with E-state index in [4.69, 9.17) is 4.74 Å². The number of morpholine rings is 1. The summed E-state index contributed by atoms with van der Waals surface area (Å²) in [5.41, 5.74) is 0.925. The van der Waals surface area contributed by atoms with Crippen molar-refractivity contribution in [3.05, 3.63) is 29.3 Å². The summed E-state index contributed by atoms with van der Waals surface area (Å²) in [4.78, 5) is 30.5. The van der Waals surface area contributed by atoms with Crippen LogP contribution in [0.3, 0.4) is 0 Å². The molecule has 0 spiro atoms. The Balaban J connectivity index is 1.80. The van der Waals surface area contributed by atoms with Gasteiger partial charge in [-0.2, -0.15) is 0 Å². The van der Waals surface area contributed by atoms with E-state index in [0.717, 1.165) is 15.2 Å². The second-order valence-corrected chi connectivity index (χ2v) is 6.39. The molecule has 1 aromatic heterocycles. The number of fused-ring (bicyclic) bond motifs is 1. The molecule has 122 valence electrons. The minimum atomic E-state index is -0.243. The summed E-state index contributed by atoms with van der Waals surface area (Å²) < 4.78 is 6.62. The van der Waals surface area contributed by atoms with E-state index < -0.39 is 0 Å². The van der Waals surface area contributed by atoms with E-state index in [1.54, 1.807) is 16.2 Å². The fraction of sp³-hybridized carbons (Fsp3) is 0.438. The van der Waals surface area contributed by atoms with Gasteiger partial charge in [0.1, 0.15) is 17.5 Å². The molecular weight excluding hydrogens is 314 g/mol. The molecule has 1 N–H and O–H groups in total. The van der Waals surface area contributed by atoms with Gasteiger partial charge in [0, 0.05) is 13.1 Å². The summed E-state index contributed by atoms with van der Waals surface area (Å²) in [6, 6.07) is 7.67. The number of aromatic nitrogens is 1. The largest absolute Gasteiger partial charge is 0.377 e. The predicted molar refractivity (Wildman–Crippen MR) is 88.2 cm³/mol. The molecule has 0 aliphatic carbocycles. The van der Waals surface area contributed by atoms with E-state index >= 15 is 0 Å². The van der Waals surface area contributed by atoms with E-state index in [9.17, 15) is 9.59 Å². The first-order valence-electron chi connectivity index (χ1n) is 7.68. The molecule has 1 aliphatic rings. The average molecular weight is 333 g/mol. The molecule has 2 heterocycles. The van der Waals surface area contributed by atoms with Gasteiger partial charge in [-0.05, 0) is 19.1 Å². The van der Waals surface area contributed by atoms with Crippen LogP contribution < -0.4 is 5.32 Å². The number of thiazole rings is 1. The van der Waals surface area contributed by atoms with Crippen molar-refractivity contribution in [2.75, 3.05) is 26.3 Å². The Kier molecular flexibility index (Phi) is 4.88. The minimum Gasteiger partial charge on any atom is -0.377 e. The normalized spacial score (nSPS) is 18.1. The van der Waals surface area contributed by atoms with Crippen molar-refractivity contribution in [3.8, 4) is 0 Å². The Hall–Kier alpha value is -1.99. The smallest absolute Gasteiger partial charge is 0.232 e. The molecular formula is C16H19N3O3S. The lowest BCUT2D eigenvalue weighted by Gasteiger charge is -2.34. The molecule has 2 aromatic rings. The summed E-state index contributed by atoms with van der Waals surface area (Å²) in [7, 11) is 0. The van der Waals surface area contributed by atoms with Gasteiger partial charge in [0.15, 0.2) is 0 Å². The zero-order valence-corrected chi connectivity index (χ0v) is 13.8. The summed E-state index contributed by atoms with van der Waals surface area (Å²) in [5, 5.41) is 3.52. The van der Waals surface area contributed by atoms with Crippen LogP contribution in [-0.4, -0.2) is 48.0 Å². The van der Waals surface area contributed by atoms with Crippen molar-refractivity contribution < 1.29 is 14.3 Å². The quantitative estimate of drug-likeness (QED) is 0.865. The summed E-state index contributed by atoms with van der Waals surface area (Å²) in [6.07, 6.45) is -0.130. The first kappa shape index (κ1) is 15.9. The van der Waals surface area contributed by atoms with Crippen LogP contribution in [0.5, 0.6) is 0 Å². The van der Waals surface area contributed by atoms with Gasteiger partial charge in [0.2, 0.25) is 11.8 Å². The van der Waals surface area contributed by atoms with Crippen molar-refractivity contribution >= 4 is 33.4 Å². The minimum absolute atomic E-state index is 0.130. The highest BCUT2D eigenvalue weighted by molar-refractivity contribution is 7.18. The number of ether oxygens (including phenoxy) is 1. The van der Waals surface area contributed by atoms with Gasteiger partial charge in [-0.1, -0.05) is 12.1 Å². The number of nitrogens with one attached hydrogen (secondary N) is 1. The third-order valence-electron chi connectivity index (χ3n) is 3.73. The molecule has 6 nitrogen and oxygen atoms in total.